The lowest BCUT2D eigenvalue weighted by molar-refractivity contribution is -0.117. The second-order valence-electron chi connectivity index (χ2n) is 8.16. The van der Waals surface area contributed by atoms with E-state index in [9.17, 15) is 4.79 Å². The number of aromatic nitrogens is 3. The molecule has 4 aromatic rings. The van der Waals surface area contributed by atoms with Gasteiger partial charge in [-0.25, -0.2) is 0 Å². The highest BCUT2D eigenvalue weighted by Gasteiger charge is 2.39. The fraction of sp³-hybridized carbons (Fsp3) is 0.318. The average molecular weight is 423 g/mol. The van der Waals surface area contributed by atoms with E-state index >= 15 is 0 Å². The molecular formula is C22H22N4OS2. The van der Waals surface area contributed by atoms with Crippen molar-refractivity contribution in [1.29, 1.82) is 0 Å². The summed E-state index contributed by atoms with van der Waals surface area (Å²) in [5, 5.41) is 9.40. The Morgan fingerprint density at radius 1 is 1.17 bits per heavy atom. The minimum Gasteiger partial charge on any atom is -0.306 e. The highest BCUT2D eigenvalue weighted by Crippen LogP contribution is 2.43. The molecule has 1 aliphatic heterocycles. The van der Waals surface area contributed by atoms with Crippen LogP contribution in [0.2, 0.25) is 0 Å². The van der Waals surface area contributed by atoms with Crippen LogP contribution in [0.1, 0.15) is 38.7 Å². The first-order valence-electron chi connectivity index (χ1n) is 9.73. The molecule has 2 aromatic carbocycles. The molecule has 3 heterocycles. The third-order valence-corrected chi connectivity index (χ3v) is 7.53. The molecule has 0 unspecified atom stereocenters. The van der Waals surface area contributed by atoms with Crippen molar-refractivity contribution in [2.75, 3.05) is 10.7 Å². The van der Waals surface area contributed by atoms with Gasteiger partial charge in [0.05, 0.1) is 16.0 Å². The van der Waals surface area contributed by atoms with Crippen LogP contribution in [0.4, 0.5) is 5.69 Å². The lowest BCUT2D eigenvalue weighted by Gasteiger charge is -2.46. The van der Waals surface area contributed by atoms with Crippen LogP contribution in [0.15, 0.2) is 53.7 Å². The van der Waals surface area contributed by atoms with E-state index in [1.807, 2.05) is 23.1 Å². The Balaban J connectivity index is 1.45. The standard InChI is InChI=1S/C22H22N4OS2/c1-14-12-22(2,3)26(16-9-5-4-8-15(14)16)19(27)13-28-20-23-24-21-25(20)17-10-6-7-11-18(17)29-21/h4-11,14H,12-13H2,1-3H3/t14-/m0/s1. The molecule has 148 valence electrons. The van der Waals surface area contributed by atoms with Gasteiger partial charge in [0.25, 0.3) is 0 Å². The Morgan fingerprint density at radius 2 is 1.93 bits per heavy atom. The van der Waals surface area contributed by atoms with Gasteiger partial charge >= 0.3 is 0 Å². The molecule has 0 fully saturated rings. The molecule has 0 bridgehead atoms. The van der Waals surface area contributed by atoms with E-state index in [1.165, 1.54) is 22.0 Å². The van der Waals surface area contributed by atoms with Gasteiger partial charge in [0.1, 0.15) is 0 Å². The topological polar surface area (TPSA) is 50.5 Å². The van der Waals surface area contributed by atoms with Gasteiger partial charge in [-0.05, 0) is 49.9 Å². The summed E-state index contributed by atoms with van der Waals surface area (Å²) in [5.74, 6) is 0.874. The van der Waals surface area contributed by atoms with Crippen LogP contribution in [0, 0.1) is 0 Å². The van der Waals surface area contributed by atoms with Crippen LogP contribution in [-0.4, -0.2) is 31.8 Å². The molecular weight excluding hydrogens is 400 g/mol. The number of thioether (sulfide) groups is 1. The van der Waals surface area contributed by atoms with E-state index in [-0.39, 0.29) is 11.4 Å². The van der Waals surface area contributed by atoms with Crippen molar-refractivity contribution < 1.29 is 4.79 Å². The fourth-order valence-corrected chi connectivity index (χ4v) is 6.31. The Hall–Kier alpha value is -2.38. The van der Waals surface area contributed by atoms with Gasteiger partial charge in [0.2, 0.25) is 10.9 Å². The van der Waals surface area contributed by atoms with E-state index in [0.717, 1.165) is 27.7 Å². The lowest BCUT2D eigenvalue weighted by atomic mass is 9.80. The minimum absolute atomic E-state index is 0.107. The van der Waals surface area contributed by atoms with Crippen LogP contribution < -0.4 is 4.90 Å². The second kappa shape index (κ2) is 6.85. The van der Waals surface area contributed by atoms with E-state index < -0.39 is 0 Å². The van der Waals surface area contributed by atoms with Crippen molar-refractivity contribution in [2.45, 2.75) is 43.8 Å². The third kappa shape index (κ3) is 3.04. The number of para-hydroxylation sites is 2. The molecule has 29 heavy (non-hydrogen) atoms. The van der Waals surface area contributed by atoms with Crippen molar-refractivity contribution in [1.82, 2.24) is 14.6 Å². The molecule has 0 saturated carbocycles. The predicted molar refractivity (Wildman–Crippen MR) is 120 cm³/mol. The zero-order chi connectivity index (χ0) is 20.2. The smallest absolute Gasteiger partial charge is 0.237 e. The monoisotopic (exact) mass is 422 g/mol. The lowest BCUT2D eigenvalue weighted by Crippen LogP contribution is -2.52. The number of hydrogen-bond donors (Lipinski definition) is 0. The Labute approximate surface area is 177 Å². The van der Waals surface area contributed by atoms with Crippen LogP contribution in [-0.2, 0) is 4.79 Å². The quantitative estimate of drug-likeness (QED) is 0.417. The molecule has 0 radical (unpaired) electrons. The Bertz CT molecular complexity index is 1230. The number of carbonyl (C=O) groups is 1. The molecule has 0 aliphatic carbocycles. The summed E-state index contributed by atoms with van der Waals surface area (Å²) in [5.41, 5.74) is 3.15. The molecule has 0 spiro atoms. The molecule has 1 aliphatic rings. The zero-order valence-corrected chi connectivity index (χ0v) is 18.3. The third-order valence-electron chi connectivity index (χ3n) is 5.60. The molecule has 1 atom stereocenters. The van der Waals surface area contributed by atoms with Crippen molar-refractivity contribution in [3.05, 3.63) is 54.1 Å². The average Bonchev–Trinajstić information content (AvgIpc) is 3.25. The first kappa shape index (κ1) is 18.6. The molecule has 7 heteroatoms. The van der Waals surface area contributed by atoms with Gasteiger partial charge in [-0.1, -0.05) is 60.4 Å². The summed E-state index contributed by atoms with van der Waals surface area (Å²) in [6, 6.07) is 16.5. The van der Waals surface area contributed by atoms with E-state index in [4.69, 9.17) is 0 Å². The van der Waals surface area contributed by atoms with Crippen molar-refractivity contribution >= 4 is 49.9 Å². The second-order valence-corrected chi connectivity index (χ2v) is 10.1. The van der Waals surface area contributed by atoms with Crippen LogP contribution >= 0.6 is 23.1 Å². The van der Waals surface area contributed by atoms with Gasteiger partial charge in [-0.15, -0.1) is 10.2 Å². The number of carbonyl (C=O) groups excluding carboxylic acids is 1. The number of benzene rings is 2. The van der Waals surface area contributed by atoms with Crippen molar-refractivity contribution in [2.24, 2.45) is 0 Å². The number of thiazole rings is 1. The first-order chi connectivity index (χ1) is 14.0. The highest BCUT2D eigenvalue weighted by atomic mass is 32.2. The van der Waals surface area contributed by atoms with Gasteiger partial charge in [-0.3, -0.25) is 9.20 Å². The summed E-state index contributed by atoms with van der Waals surface area (Å²) in [6.07, 6.45) is 0.949. The van der Waals surface area contributed by atoms with Crippen LogP contribution in [0.3, 0.4) is 0 Å². The number of amides is 1. The number of hydrogen-bond acceptors (Lipinski definition) is 5. The van der Waals surface area contributed by atoms with E-state index in [2.05, 4.69) is 65.7 Å². The summed E-state index contributed by atoms with van der Waals surface area (Å²) >= 11 is 3.07. The largest absolute Gasteiger partial charge is 0.306 e. The molecule has 0 saturated heterocycles. The maximum atomic E-state index is 13.4. The Kier molecular flexibility index (Phi) is 4.40. The maximum Gasteiger partial charge on any atom is 0.237 e. The van der Waals surface area contributed by atoms with Crippen LogP contribution in [0.25, 0.3) is 15.2 Å². The first-order valence-corrected chi connectivity index (χ1v) is 11.5. The predicted octanol–water partition coefficient (Wildman–Crippen LogP) is 5.36. The van der Waals surface area contributed by atoms with Gasteiger partial charge in [0, 0.05) is 11.2 Å². The number of rotatable bonds is 3. The summed E-state index contributed by atoms with van der Waals surface area (Å²) in [6.45, 7) is 6.55. The van der Waals surface area contributed by atoms with Crippen molar-refractivity contribution in [3.8, 4) is 0 Å². The molecule has 5 rings (SSSR count). The number of anilines is 1. The molecule has 2 aromatic heterocycles. The maximum absolute atomic E-state index is 13.4. The normalized spacial score (nSPS) is 18.3. The summed E-state index contributed by atoms with van der Waals surface area (Å²) in [4.78, 5) is 16.2. The van der Waals surface area contributed by atoms with Gasteiger partial charge < -0.3 is 4.90 Å². The summed E-state index contributed by atoms with van der Waals surface area (Å²) < 4.78 is 3.22. The van der Waals surface area contributed by atoms with Gasteiger partial charge in [-0.2, -0.15) is 0 Å². The fourth-order valence-electron chi connectivity index (χ4n) is 4.50. The Morgan fingerprint density at radius 3 is 2.79 bits per heavy atom. The molecule has 1 amide bonds. The van der Waals surface area contributed by atoms with Crippen LogP contribution in [0.5, 0.6) is 0 Å². The summed E-state index contributed by atoms with van der Waals surface area (Å²) in [7, 11) is 0. The van der Waals surface area contributed by atoms with Gasteiger partial charge in [0.15, 0.2) is 5.16 Å². The molecule has 5 nitrogen and oxygen atoms in total. The van der Waals surface area contributed by atoms with E-state index in [0.29, 0.717) is 11.7 Å². The zero-order valence-electron chi connectivity index (χ0n) is 16.6. The number of nitrogens with zero attached hydrogens (tertiary/aromatic N) is 4. The number of fused-ring (bicyclic) bond motifs is 4. The SMILES string of the molecule is C[C@H]1CC(C)(C)N(C(=O)CSc2nnc3sc4ccccc4n23)c2ccccc21. The highest BCUT2D eigenvalue weighted by molar-refractivity contribution is 7.99. The minimum atomic E-state index is -0.222. The van der Waals surface area contributed by atoms with E-state index in [1.54, 1.807) is 11.3 Å². The molecule has 0 N–H and O–H groups in total. The van der Waals surface area contributed by atoms with Crippen molar-refractivity contribution in [3.63, 3.8) is 0 Å².